The minimum Gasteiger partial charge on any atom is -0.289 e. The van der Waals surface area contributed by atoms with E-state index in [0.29, 0.717) is 12.4 Å². The van der Waals surface area contributed by atoms with E-state index in [1.807, 2.05) is 60.7 Å². The van der Waals surface area contributed by atoms with Crippen LogP contribution in [0.25, 0.3) is 11.3 Å². The van der Waals surface area contributed by atoms with E-state index in [-0.39, 0.29) is 5.91 Å². The number of nitrogens with zero attached hydrogens (tertiary/aromatic N) is 2. The van der Waals surface area contributed by atoms with Gasteiger partial charge in [-0.05, 0) is 16.8 Å². The summed E-state index contributed by atoms with van der Waals surface area (Å²) in [7, 11) is 0. The average molecular weight is 294 g/mol. The molecular formula is C17H16N3O2+. The van der Waals surface area contributed by atoms with Gasteiger partial charge in [0.25, 0.3) is 0 Å². The van der Waals surface area contributed by atoms with Gasteiger partial charge in [-0.15, -0.1) is 0 Å². The van der Waals surface area contributed by atoms with Gasteiger partial charge in [0.1, 0.15) is 0 Å². The molecule has 5 nitrogen and oxygen atoms in total. The summed E-state index contributed by atoms with van der Waals surface area (Å²) in [6.07, 6.45) is 0. The van der Waals surface area contributed by atoms with E-state index < -0.39 is 0 Å². The molecule has 0 radical (unpaired) electrons. The molecule has 0 spiro atoms. The Balaban J connectivity index is 2.03. The van der Waals surface area contributed by atoms with Crippen molar-refractivity contribution in [3.05, 3.63) is 66.2 Å². The van der Waals surface area contributed by atoms with Crippen LogP contribution in [0.15, 0.2) is 65.2 Å². The van der Waals surface area contributed by atoms with E-state index >= 15 is 0 Å². The molecule has 22 heavy (non-hydrogen) atoms. The minimum atomic E-state index is -0.194. The third kappa shape index (κ3) is 3.03. The predicted molar refractivity (Wildman–Crippen MR) is 82.0 cm³/mol. The molecule has 3 rings (SSSR count). The summed E-state index contributed by atoms with van der Waals surface area (Å²) in [5.41, 5.74) is 2.79. The number of hydrogen-bond acceptors (Lipinski definition) is 3. The lowest BCUT2D eigenvalue weighted by Gasteiger charge is -1.99. The first-order valence-corrected chi connectivity index (χ1v) is 7.01. The first-order chi connectivity index (χ1) is 10.7. The quantitative estimate of drug-likeness (QED) is 0.753. The number of carbonyl (C=O) groups is 1. The molecule has 0 bridgehead atoms. The molecule has 1 amide bonds. The monoisotopic (exact) mass is 294 g/mol. The lowest BCUT2D eigenvalue weighted by Crippen LogP contribution is -2.38. The zero-order chi connectivity index (χ0) is 15.4. The Morgan fingerprint density at radius 1 is 1.09 bits per heavy atom. The summed E-state index contributed by atoms with van der Waals surface area (Å²) in [5, 5.41) is 6.76. The molecular weight excluding hydrogens is 278 g/mol. The Hall–Kier alpha value is -2.95. The molecule has 0 aliphatic heterocycles. The predicted octanol–water partition coefficient (Wildman–Crippen LogP) is 2.64. The van der Waals surface area contributed by atoms with Gasteiger partial charge >= 0.3 is 11.6 Å². The Morgan fingerprint density at radius 2 is 1.73 bits per heavy atom. The van der Waals surface area contributed by atoms with Crippen molar-refractivity contribution in [2.45, 2.75) is 13.5 Å². The third-order valence-corrected chi connectivity index (χ3v) is 3.22. The maximum absolute atomic E-state index is 11.4. The maximum atomic E-state index is 11.4. The average Bonchev–Trinajstić information content (AvgIpc) is 2.91. The fourth-order valence-corrected chi connectivity index (χ4v) is 2.27. The van der Waals surface area contributed by atoms with Gasteiger partial charge in [0.2, 0.25) is 17.7 Å². The van der Waals surface area contributed by atoms with Gasteiger partial charge in [-0.2, -0.15) is 0 Å². The van der Waals surface area contributed by atoms with E-state index in [1.165, 1.54) is 6.92 Å². The highest BCUT2D eigenvalue weighted by Crippen LogP contribution is 2.24. The number of hydrogen-bond donors (Lipinski definition) is 1. The van der Waals surface area contributed by atoms with Crippen molar-refractivity contribution in [3.63, 3.8) is 0 Å². The Labute approximate surface area is 128 Å². The first kappa shape index (κ1) is 14.0. The molecule has 5 heteroatoms. The maximum Gasteiger partial charge on any atom is 0.310 e. The van der Waals surface area contributed by atoms with Crippen molar-refractivity contribution in [3.8, 4) is 11.3 Å². The first-order valence-electron chi connectivity index (χ1n) is 7.01. The van der Waals surface area contributed by atoms with E-state index in [0.717, 1.165) is 16.8 Å². The lowest BCUT2D eigenvalue weighted by molar-refractivity contribution is -0.745. The fourth-order valence-electron chi connectivity index (χ4n) is 2.27. The van der Waals surface area contributed by atoms with Gasteiger partial charge in [-0.1, -0.05) is 48.5 Å². The number of amides is 1. The van der Waals surface area contributed by atoms with Gasteiger partial charge in [0.05, 0.1) is 5.56 Å². The van der Waals surface area contributed by atoms with Gasteiger partial charge < -0.3 is 0 Å². The van der Waals surface area contributed by atoms with E-state index in [4.69, 9.17) is 4.52 Å². The molecule has 0 saturated carbocycles. The Kier molecular flexibility index (Phi) is 3.96. The molecule has 0 saturated heterocycles. The number of carbonyl (C=O) groups excluding carboxylic acids is 1. The molecule has 2 aromatic carbocycles. The molecule has 1 aromatic heterocycles. The van der Waals surface area contributed by atoms with Crippen LogP contribution < -0.4 is 10.00 Å². The van der Waals surface area contributed by atoms with Gasteiger partial charge in [-0.3, -0.25) is 14.6 Å². The standard InChI is InChI=1S/C17H15N3O2/c1-13(21)18-17-16(15-10-6-3-7-11-15)20(19-22-17)12-14-8-4-2-5-9-14/h2-11H,12H2,1H3/p+1. The normalized spacial score (nSPS) is 10.4. The second-order valence-electron chi connectivity index (χ2n) is 4.94. The molecule has 3 aromatic rings. The van der Waals surface area contributed by atoms with Crippen LogP contribution in [0, 0.1) is 0 Å². The number of anilines is 1. The van der Waals surface area contributed by atoms with Gasteiger partial charge in [0.15, 0.2) is 0 Å². The van der Waals surface area contributed by atoms with Crippen molar-refractivity contribution >= 4 is 11.8 Å². The van der Waals surface area contributed by atoms with Crippen molar-refractivity contribution in [2.75, 3.05) is 5.32 Å². The third-order valence-electron chi connectivity index (χ3n) is 3.22. The summed E-state index contributed by atoms with van der Waals surface area (Å²) in [5.74, 6) is 0.162. The molecule has 110 valence electrons. The van der Waals surface area contributed by atoms with Crippen LogP contribution >= 0.6 is 0 Å². The number of benzene rings is 2. The minimum absolute atomic E-state index is 0.194. The van der Waals surface area contributed by atoms with Crippen LogP contribution in [0.2, 0.25) is 0 Å². The smallest absolute Gasteiger partial charge is 0.289 e. The number of aromatic nitrogens is 2. The Morgan fingerprint density at radius 3 is 2.36 bits per heavy atom. The number of rotatable bonds is 4. The largest absolute Gasteiger partial charge is 0.310 e. The molecule has 0 aliphatic carbocycles. The summed E-state index contributed by atoms with van der Waals surface area (Å²) in [6, 6.07) is 19.7. The molecule has 0 atom stereocenters. The van der Waals surface area contributed by atoms with Crippen molar-refractivity contribution < 1.29 is 14.0 Å². The zero-order valence-electron chi connectivity index (χ0n) is 12.2. The second-order valence-corrected chi connectivity index (χ2v) is 4.94. The molecule has 0 aliphatic rings. The van der Waals surface area contributed by atoms with Crippen molar-refractivity contribution in [1.29, 1.82) is 0 Å². The lowest BCUT2D eigenvalue weighted by atomic mass is 10.1. The molecule has 0 fully saturated rings. The summed E-state index contributed by atoms with van der Waals surface area (Å²) < 4.78 is 7.06. The van der Waals surface area contributed by atoms with Gasteiger partial charge in [-0.25, -0.2) is 0 Å². The van der Waals surface area contributed by atoms with E-state index in [2.05, 4.69) is 10.6 Å². The van der Waals surface area contributed by atoms with Crippen LogP contribution in [-0.2, 0) is 11.3 Å². The molecule has 0 unspecified atom stereocenters. The van der Waals surface area contributed by atoms with Crippen LogP contribution in [0.1, 0.15) is 12.5 Å². The summed E-state index contributed by atoms with van der Waals surface area (Å²) in [6.45, 7) is 2.01. The highest BCUT2D eigenvalue weighted by Gasteiger charge is 2.27. The highest BCUT2D eigenvalue weighted by molar-refractivity contribution is 5.90. The van der Waals surface area contributed by atoms with Crippen molar-refractivity contribution in [2.24, 2.45) is 0 Å². The molecule has 1 heterocycles. The second kappa shape index (κ2) is 6.22. The highest BCUT2D eigenvalue weighted by atomic mass is 16.5. The van der Waals surface area contributed by atoms with E-state index in [9.17, 15) is 4.79 Å². The van der Waals surface area contributed by atoms with Crippen LogP contribution in [0.5, 0.6) is 0 Å². The summed E-state index contributed by atoms with van der Waals surface area (Å²) in [4.78, 5) is 11.4. The Bertz CT molecular complexity index is 767. The van der Waals surface area contributed by atoms with Crippen molar-refractivity contribution in [1.82, 2.24) is 5.27 Å². The topological polar surface area (TPSA) is 59.0 Å². The fraction of sp³-hybridized carbons (Fsp3) is 0.118. The van der Waals surface area contributed by atoms with Crippen LogP contribution in [-0.4, -0.2) is 11.2 Å². The van der Waals surface area contributed by atoms with E-state index in [1.54, 1.807) is 4.68 Å². The zero-order valence-corrected chi connectivity index (χ0v) is 12.2. The SMILES string of the molecule is CC(=O)Nc1on[n+](Cc2ccccc2)c1-c1ccccc1. The van der Waals surface area contributed by atoms with Gasteiger partial charge in [0, 0.05) is 12.5 Å². The summed E-state index contributed by atoms with van der Waals surface area (Å²) >= 11 is 0. The van der Waals surface area contributed by atoms with Crippen LogP contribution in [0.3, 0.4) is 0 Å². The molecule has 1 N–H and O–H groups in total. The number of nitrogens with one attached hydrogen (secondary N) is 1. The van der Waals surface area contributed by atoms with Crippen LogP contribution in [0.4, 0.5) is 5.88 Å².